The van der Waals surface area contributed by atoms with Crippen molar-refractivity contribution in [1.29, 1.82) is 0 Å². The summed E-state index contributed by atoms with van der Waals surface area (Å²) in [4.78, 5) is 18.1. The molecule has 2 aliphatic rings. The van der Waals surface area contributed by atoms with Crippen LogP contribution in [0, 0.1) is 15.5 Å². The lowest BCUT2D eigenvalue weighted by Crippen LogP contribution is -2.45. The number of nitro groups is 1. The lowest BCUT2D eigenvalue weighted by molar-refractivity contribution is -0.384. The predicted molar refractivity (Wildman–Crippen MR) is 148 cm³/mol. The van der Waals surface area contributed by atoms with Crippen LogP contribution in [0.4, 0.5) is 34.4 Å². The van der Waals surface area contributed by atoms with Crippen LogP contribution in [0.1, 0.15) is 45.6 Å². The topological polar surface area (TPSA) is 92.6 Å². The van der Waals surface area contributed by atoms with Crippen molar-refractivity contribution in [3.8, 4) is 0 Å². The van der Waals surface area contributed by atoms with Gasteiger partial charge in [-0.25, -0.2) is 4.98 Å². The number of nitrogens with one attached hydrogen (secondary N) is 2. The van der Waals surface area contributed by atoms with E-state index in [4.69, 9.17) is 4.74 Å². The minimum Gasteiger partial charge on any atom is -0.378 e. The van der Waals surface area contributed by atoms with Crippen molar-refractivity contribution >= 4 is 34.4 Å². The van der Waals surface area contributed by atoms with E-state index in [9.17, 15) is 10.1 Å². The quantitative estimate of drug-likeness (QED) is 0.272. The molecule has 37 heavy (non-hydrogen) atoms. The molecular weight excluding hydrogens is 466 g/mol. The average molecular weight is 502 g/mol. The van der Waals surface area contributed by atoms with Gasteiger partial charge in [0.15, 0.2) is 0 Å². The highest BCUT2D eigenvalue weighted by atomic mass is 16.6. The Labute approximate surface area is 218 Å². The molecule has 1 aliphatic carbocycles. The monoisotopic (exact) mass is 501 g/mol. The molecule has 0 radical (unpaired) electrons. The Morgan fingerprint density at radius 3 is 2.11 bits per heavy atom. The number of morpholine rings is 1. The maximum Gasteiger partial charge on any atom is 0.311 e. The first-order valence-electron chi connectivity index (χ1n) is 13.0. The van der Waals surface area contributed by atoms with Crippen molar-refractivity contribution in [2.24, 2.45) is 5.41 Å². The van der Waals surface area contributed by atoms with Gasteiger partial charge in [0.2, 0.25) is 5.82 Å². The molecule has 0 unspecified atom stereocenters. The highest BCUT2D eigenvalue weighted by Gasteiger charge is 2.47. The number of hydrogen-bond acceptors (Lipinski definition) is 7. The molecule has 1 aromatic heterocycles. The van der Waals surface area contributed by atoms with E-state index in [1.165, 1.54) is 30.9 Å². The van der Waals surface area contributed by atoms with E-state index in [0.29, 0.717) is 5.82 Å². The van der Waals surface area contributed by atoms with Gasteiger partial charge in [0, 0.05) is 41.6 Å². The van der Waals surface area contributed by atoms with Crippen LogP contribution in [0.25, 0.3) is 0 Å². The van der Waals surface area contributed by atoms with Gasteiger partial charge in [0.1, 0.15) is 5.82 Å². The van der Waals surface area contributed by atoms with E-state index in [1.807, 2.05) is 24.3 Å². The summed E-state index contributed by atoms with van der Waals surface area (Å²) >= 11 is 0. The van der Waals surface area contributed by atoms with Crippen LogP contribution in [0.15, 0.2) is 60.7 Å². The standard InChI is InChI=1S/C29H35N5O3/c1-28(2,3)29(15-4-16-29)21-5-7-23(8-6-21)31-27-25(34(35)36)13-14-26(32-27)30-22-9-11-24(12-10-22)33-17-19-37-20-18-33/h5-14H,4,15-20H2,1-3H3,(H2,30,31,32). The van der Waals surface area contributed by atoms with Gasteiger partial charge < -0.3 is 20.3 Å². The minimum absolute atomic E-state index is 0.0672. The highest BCUT2D eigenvalue weighted by molar-refractivity contribution is 5.70. The molecule has 8 heteroatoms. The number of aromatic nitrogens is 1. The largest absolute Gasteiger partial charge is 0.378 e. The van der Waals surface area contributed by atoms with Crippen molar-refractivity contribution in [3.05, 3.63) is 76.3 Å². The van der Waals surface area contributed by atoms with Gasteiger partial charge in [-0.2, -0.15) is 0 Å². The molecule has 1 aliphatic heterocycles. The molecule has 0 bridgehead atoms. The van der Waals surface area contributed by atoms with Crippen molar-refractivity contribution in [3.63, 3.8) is 0 Å². The fourth-order valence-electron chi connectivity index (χ4n) is 5.50. The molecule has 2 N–H and O–H groups in total. The molecule has 1 saturated carbocycles. The Balaban J connectivity index is 1.33. The molecule has 3 aromatic rings. The molecule has 2 aromatic carbocycles. The summed E-state index contributed by atoms with van der Waals surface area (Å²) in [7, 11) is 0. The maximum atomic E-state index is 11.7. The summed E-state index contributed by atoms with van der Waals surface area (Å²) in [5.41, 5.74) is 4.42. The van der Waals surface area contributed by atoms with Crippen LogP contribution in [-0.4, -0.2) is 36.2 Å². The Hall–Kier alpha value is -3.65. The summed E-state index contributed by atoms with van der Waals surface area (Å²) in [5.74, 6) is 0.742. The zero-order valence-electron chi connectivity index (χ0n) is 21.8. The maximum absolute atomic E-state index is 11.7. The first-order chi connectivity index (χ1) is 17.7. The molecule has 0 amide bonds. The molecule has 2 fully saturated rings. The van der Waals surface area contributed by atoms with Crippen LogP contribution >= 0.6 is 0 Å². The minimum atomic E-state index is -0.409. The van der Waals surface area contributed by atoms with Crippen molar-refractivity contribution in [2.45, 2.75) is 45.4 Å². The van der Waals surface area contributed by atoms with Gasteiger partial charge in [-0.15, -0.1) is 0 Å². The van der Waals surface area contributed by atoms with E-state index in [1.54, 1.807) is 6.07 Å². The first kappa shape index (κ1) is 25.0. The van der Waals surface area contributed by atoms with Crippen LogP contribution in [0.2, 0.25) is 0 Å². The van der Waals surface area contributed by atoms with Crippen molar-refractivity contribution < 1.29 is 9.66 Å². The van der Waals surface area contributed by atoms with Crippen LogP contribution in [0.5, 0.6) is 0 Å². The first-order valence-corrected chi connectivity index (χ1v) is 13.0. The third-order valence-corrected chi connectivity index (χ3v) is 7.93. The third kappa shape index (κ3) is 5.11. The smallest absolute Gasteiger partial charge is 0.311 e. The van der Waals surface area contributed by atoms with Crippen molar-refractivity contribution in [1.82, 2.24) is 4.98 Å². The zero-order valence-corrected chi connectivity index (χ0v) is 21.8. The second-order valence-corrected chi connectivity index (χ2v) is 11.0. The van der Waals surface area contributed by atoms with E-state index in [2.05, 4.69) is 65.6 Å². The van der Waals surface area contributed by atoms with E-state index in [-0.39, 0.29) is 22.3 Å². The molecule has 0 atom stereocenters. The van der Waals surface area contributed by atoms with E-state index < -0.39 is 4.92 Å². The van der Waals surface area contributed by atoms with Gasteiger partial charge in [0.25, 0.3) is 0 Å². The average Bonchev–Trinajstić information content (AvgIpc) is 2.84. The number of ether oxygens (including phenoxy) is 1. The lowest BCUT2D eigenvalue weighted by atomic mass is 9.52. The second-order valence-electron chi connectivity index (χ2n) is 11.0. The van der Waals surface area contributed by atoms with Gasteiger partial charge in [0.05, 0.1) is 18.1 Å². The van der Waals surface area contributed by atoms with Crippen LogP contribution in [-0.2, 0) is 10.2 Å². The number of benzene rings is 2. The van der Waals surface area contributed by atoms with Gasteiger partial charge in [-0.1, -0.05) is 39.3 Å². The summed E-state index contributed by atoms with van der Waals surface area (Å²) in [6, 6.07) is 19.5. The van der Waals surface area contributed by atoms with Gasteiger partial charge in [-0.05, 0) is 66.3 Å². The van der Waals surface area contributed by atoms with Crippen LogP contribution in [0.3, 0.4) is 0 Å². The normalized spacial score (nSPS) is 17.1. The molecule has 1 saturated heterocycles. The van der Waals surface area contributed by atoms with Crippen molar-refractivity contribution in [2.75, 3.05) is 41.8 Å². The molecule has 2 heterocycles. The Bertz CT molecular complexity index is 1240. The van der Waals surface area contributed by atoms with Gasteiger partial charge in [-0.3, -0.25) is 10.1 Å². The predicted octanol–water partition coefficient (Wildman–Crippen LogP) is 6.78. The summed E-state index contributed by atoms with van der Waals surface area (Å²) in [6.45, 7) is 10.2. The number of nitrogens with zero attached hydrogens (tertiary/aromatic N) is 3. The fraction of sp³-hybridized carbons (Fsp3) is 0.414. The number of rotatable bonds is 7. The Morgan fingerprint density at radius 1 is 0.919 bits per heavy atom. The Kier molecular flexibility index (Phi) is 6.77. The fourth-order valence-corrected chi connectivity index (χ4v) is 5.50. The SMILES string of the molecule is CC(C)(C)C1(c2ccc(Nc3nc(Nc4ccc(N5CCOCC5)cc4)ccc3[N+](=O)[O-])cc2)CCC1. The number of anilines is 5. The third-order valence-electron chi connectivity index (χ3n) is 7.93. The molecule has 0 spiro atoms. The molecular formula is C29H35N5O3. The number of pyridine rings is 1. The number of hydrogen-bond donors (Lipinski definition) is 2. The molecule has 5 rings (SSSR count). The summed E-state index contributed by atoms with van der Waals surface area (Å²) in [6.07, 6.45) is 3.64. The van der Waals surface area contributed by atoms with E-state index in [0.717, 1.165) is 43.4 Å². The second kappa shape index (κ2) is 10.0. The highest BCUT2D eigenvalue weighted by Crippen LogP contribution is 2.55. The van der Waals surface area contributed by atoms with Crippen LogP contribution < -0.4 is 15.5 Å². The zero-order chi connectivity index (χ0) is 26.0. The summed E-state index contributed by atoms with van der Waals surface area (Å²) in [5, 5.41) is 18.1. The van der Waals surface area contributed by atoms with Gasteiger partial charge >= 0.3 is 5.69 Å². The Morgan fingerprint density at radius 2 is 1.54 bits per heavy atom. The van der Waals surface area contributed by atoms with E-state index >= 15 is 0 Å². The lowest BCUT2D eigenvalue weighted by Gasteiger charge is -2.52. The molecule has 8 nitrogen and oxygen atoms in total. The summed E-state index contributed by atoms with van der Waals surface area (Å²) < 4.78 is 5.43. The molecule has 194 valence electrons.